The molecule has 0 aromatic heterocycles. The fraction of sp³-hybridized carbons (Fsp3) is 0.312. The number of benzene rings is 3. The van der Waals surface area contributed by atoms with Crippen LogP contribution in [0.5, 0.6) is 0 Å². The molecule has 0 heterocycles. The van der Waals surface area contributed by atoms with E-state index in [-0.39, 0.29) is 24.7 Å². The van der Waals surface area contributed by atoms with Crippen LogP contribution < -0.4 is 16.0 Å². The number of hydrogen-bond donors (Lipinski definition) is 5. The average molecular weight is 560 g/mol. The van der Waals surface area contributed by atoms with E-state index in [1.54, 1.807) is 48.5 Å². The molecule has 41 heavy (non-hydrogen) atoms. The topological polar surface area (TPSA) is 145 Å². The van der Waals surface area contributed by atoms with Gasteiger partial charge in [0.15, 0.2) is 0 Å². The van der Waals surface area contributed by atoms with Gasteiger partial charge in [0.2, 0.25) is 5.91 Å². The number of rotatable bonds is 13. The fourth-order valence-electron chi connectivity index (χ4n) is 4.40. The zero-order valence-corrected chi connectivity index (χ0v) is 23.5. The van der Waals surface area contributed by atoms with E-state index in [2.05, 4.69) is 16.0 Å². The van der Waals surface area contributed by atoms with Crippen molar-refractivity contribution in [2.75, 3.05) is 10.6 Å². The van der Waals surface area contributed by atoms with E-state index >= 15 is 0 Å². The quantitative estimate of drug-likeness (QED) is 0.184. The molecule has 216 valence electrons. The van der Waals surface area contributed by atoms with Gasteiger partial charge >= 0.3 is 18.0 Å². The molecule has 3 aromatic carbocycles. The van der Waals surface area contributed by atoms with Gasteiger partial charge in [-0.2, -0.15) is 0 Å². The van der Waals surface area contributed by atoms with Gasteiger partial charge < -0.3 is 26.2 Å². The van der Waals surface area contributed by atoms with Crippen molar-refractivity contribution < 1.29 is 29.4 Å². The Morgan fingerprint density at radius 3 is 1.80 bits per heavy atom. The lowest BCUT2D eigenvalue weighted by Gasteiger charge is -2.22. The lowest BCUT2D eigenvalue weighted by Crippen LogP contribution is -2.44. The zero-order valence-electron chi connectivity index (χ0n) is 23.5. The highest BCUT2D eigenvalue weighted by molar-refractivity contribution is 5.99. The molecule has 0 aliphatic rings. The van der Waals surface area contributed by atoms with Crippen LogP contribution in [0.3, 0.4) is 0 Å². The first kappa shape index (κ1) is 30.9. The molecule has 9 nitrogen and oxygen atoms in total. The van der Waals surface area contributed by atoms with Gasteiger partial charge in [0.25, 0.3) is 0 Å². The van der Waals surface area contributed by atoms with E-state index in [4.69, 9.17) is 5.11 Å². The molecule has 0 saturated heterocycles. The Morgan fingerprint density at radius 2 is 1.29 bits per heavy atom. The summed E-state index contributed by atoms with van der Waals surface area (Å²) in [5.74, 6) is -2.82. The third-order valence-electron chi connectivity index (χ3n) is 6.61. The number of carbonyl (C=O) groups is 4. The Morgan fingerprint density at radius 1 is 0.756 bits per heavy atom. The number of aliphatic carboxylic acids is 2. The van der Waals surface area contributed by atoms with E-state index in [0.717, 1.165) is 16.7 Å². The predicted molar refractivity (Wildman–Crippen MR) is 158 cm³/mol. The van der Waals surface area contributed by atoms with E-state index in [9.17, 15) is 24.3 Å². The normalized spacial score (nSPS) is 12.3. The van der Waals surface area contributed by atoms with Gasteiger partial charge in [-0.15, -0.1) is 0 Å². The van der Waals surface area contributed by atoms with E-state index < -0.39 is 29.9 Å². The second-order valence-corrected chi connectivity index (χ2v) is 10.6. The molecule has 0 spiro atoms. The van der Waals surface area contributed by atoms with Crippen LogP contribution in [0, 0.1) is 12.8 Å². The summed E-state index contributed by atoms with van der Waals surface area (Å²) in [5, 5.41) is 26.9. The number of urea groups is 1. The fourth-order valence-corrected chi connectivity index (χ4v) is 4.40. The van der Waals surface area contributed by atoms with Crippen LogP contribution in [-0.2, 0) is 27.2 Å². The van der Waals surface area contributed by atoms with Crippen LogP contribution in [0.25, 0.3) is 0 Å². The SMILES string of the molecule is Cc1ccc(NC(=O)Nc2ccc(C(CC(C)C)C(=O)NC(Cc3ccc(CCC(=O)O)cc3)C(=O)O)cc2)cc1. The number of anilines is 2. The summed E-state index contributed by atoms with van der Waals surface area (Å²) in [4.78, 5) is 48.6. The Labute approximate surface area is 240 Å². The Hall–Kier alpha value is -4.66. The first-order chi connectivity index (χ1) is 19.5. The standard InChI is InChI=1S/C32H37N3O6/c1-20(2)18-27(24-11-15-26(16-12-24)34-32(41)33-25-13-4-21(3)5-14-25)30(38)35-28(31(39)40)19-23-8-6-22(7-9-23)10-17-29(36)37/h4-9,11-16,20,27-28H,10,17-19H2,1-3H3,(H,35,38)(H,36,37)(H,39,40)(H2,33,34,41). The second kappa shape index (κ2) is 14.6. The van der Waals surface area contributed by atoms with Crippen LogP contribution in [-0.4, -0.2) is 40.1 Å². The van der Waals surface area contributed by atoms with Gasteiger partial charge in [0.1, 0.15) is 6.04 Å². The van der Waals surface area contributed by atoms with Crippen LogP contribution in [0.2, 0.25) is 0 Å². The van der Waals surface area contributed by atoms with Gasteiger partial charge in [0.05, 0.1) is 5.92 Å². The van der Waals surface area contributed by atoms with Crippen LogP contribution in [0.15, 0.2) is 72.8 Å². The Balaban J connectivity index is 1.66. The maximum absolute atomic E-state index is 13.4. The smallest absolute Gasteiger partial charge is 0.326 e. The highest BCUT2D eigenvalue weighted by Crippen LogP contribution is 2.26. The maximum Gasteiger partial charge on any atom is 0.326 e. The highest BCUT2D eigenvalue weighted by Gasteiger charge is 2.27. The molecule has 3 rings (SSSR count). The molecule has 0 saturated carbocycles. The molecule has 0 radical (unpaired) electrons. The summed E-state index contributed by atoms with van der Waals surface area (Å²) in [7, 11) is 0. The molecule has 9 heteroatoms. The molecule has 0 bridgehead atoms. The third kappa shape index (κ3) is 10.1. The van der Waals surface area contributed by atoms with Crippen molar-refractivity contribution in [1.82, 2.24) is 5.32 Å². The van der Waals surface area contributed by atoms with Crippen LogP contribution in [0.4, 0.5) is 16.2 Å². The second-order valence-electron chi connectivity index (χ2n) is 10.6. The van der Waals surface area contributed by atoms with E-state index in [1.807, 2.05) is 45.0 Å². The molecule has 0 aliphatic carbocycles. The van der Waals surface area contributed by atoms with Gasteiger partial charge in [-0.1, -0.05) is 67.9 Å². The van der Waals surface area contributed by atoms with Crippen molar-refractivity contribution >= 4 is 35.3 Å². The molecule has 3 amide bonds. The summed E-state index contributed by atoms with van der Waals surface area (Å²) in [5.41, 5.74) is 4.58. The van der Waals surface area contributed by atoms with Crippen molar-refractivity contribution in [3.05, 3.63) is 95.1 Å². The average Bonchev–Trinajstić information content (AvgIpc) is 2.92. The number of carboxylic acids is 2. The van der Waals surface area contributed by atoms with Crippen molar-refractivity contribution in [3.63, 3.8) is 0 Å². The molecule has 2 atom stereocenters. The molecule has 5 N–H and O–H groups in total. The minimum absolute atomic E-state index is 0.0159. The number of carboxylic acid groups (broad SMARTS) is 2. The maximum atomic E-state index is 13.4. The molecule has 2 unspecified atom stereocenters. The molecule has 0 fully saturated rings. The Kier molecular flexibility index (Phi) is 11.0. The lowest BCUT2D eigenvalue weighted by molar-refractivity contribution is -0.142. The molecular formula is C32H37N3O6. The number of hydrogen-bond acceptors (Lipinski definition) is 4. The molecule has 0 aliphatic heterocycles. The van der Waals surface area contributed by atoms with Crippen molar-refractivity contribution in [2.45, 2.75) is 58.4 Å². The Bertz CT molecular complexity index is 1340. The zero-order chi connectivity index (χ0) is 29.9. The number of aryl methyl sites for hydroxylation is 2. The lowest BCUT2D eigenvalue weighted by atomic mass is 9.89. The van der Waals surface area contributed by atoms with Crippen LogP contribution >= 0.6 is 0 Å². The first-order valence-corrected chi connectivity index (χ1v) is 13.6. The van der Waals surface area contributed by atoms with E-state index in [0.29, 0.717) is 29.8 Å². The summed E-state index contributed by atoms with van der Waals surface area (Å²) < 4.78 is 0. The van der Waals surface area contributed by atoms with Crippen molar-refractivity contribution in [3.8, 4) is 0 Å². The summed E-state index contributed by atoms with van der Waals surface area (Å²) in [6.07, 6.45) is 1.00. The molecule has 3 aromatic rings. The summed E-state index contributed by atoms with van der Waals surface area (Å²) in [6.45, 7) is 5.95. The molecular weight excluding hydrogens is 522 g/mol. The highest BCUT2D eigenvalue weighted by atomic mass is 16.4. The van der Waals surface area contributed by atoms with Crippen molar-refractivity contribution in [2.24, 2.45) is 5.92 Å². The minimum atomic E-state index is -1.14. The number of nitrogens with one attached hydrogen (secondary N) is 3. The first-order valence-electron chi connectivity index (χ1n) is 13.6. The minimum Gasteiger partial charge on any atom is -0.481 e. The van der Waals surface area contributed by atoms with Crippen molar-refractivity contribution in [1.29, 1.82) is 0 Å². The van der Waals surface area contributed by atoms with Gasteiger partial charge in [0, 0.05) is 24.2 Å². The van der Waals surface area contributed by atoms with E-state index in [1.165, 1.54) is 0 Å². The largest absolute Gasteiger partial charge is 0.481 e. The summed E-state index contributed by atoms with van der Waals surface area (Å²) in [6, 6.07) is 19.9. The number of carbonyl (C=O) groups excluding carboxylic acids is 2. The predicted octanol–water partition coefficient (Wildman–Crippen LogP) is 5.60. The van der Waals surface area contributed by atoms with Gasteiger partial charge in [-0.3, -0.25) is 9.59 Å². The summed E-state index contributed by atoms with van der Waals surface area (Å²) >= 11 is 0. The van der Waals surface area contributed by atoms with Gasteiger partial charge in [-0.25, -0.2) is 9.59 Å². The van der Waals surface area contributed by atoms with Gasteiger partial charge in [-0.05, 0) is 66.6 Å². The third-order valence-corrected chi connectivity index (χ3v) is 6.61. The monoisotopic (exact) mass is 559 g/mol. The number of amides is 3. The van der Waals surface area contributed by atoms with Crippen LogP contribution in [0.1, 0.15) is 54.9 Å².